The van der Waals surface area contributed by atoms with E-state index in [1.54, 1.807) is 25.4 Å². The Morgan fingerprint density at radius 2 is 2.09 bits per heavy atom. The van der Waals surface area contributed by atoms with E-state index in [4.69, 9.17) is 14.5 Å². The Morgan fingerprint density at radius 3 is 2.72 bits per heavy atom. The molecule has 0 spiro atoms. The highest BCUT2D eigenvalue weighted by molar-refractivity contribution is 7.46. The predicted molar refractivity (Wildman–Crippen MR) is 110 cm³/mol. The summed E-state index contributed by atoms with van der Waals surface area (Å²) < 4.78 is 35.0. The van der Waals surface area contributed by atoms with E-state index in [0.29, 0.717) is 17.2 Å². The predicted octanol–water partition coefficient (Wildman–Crippen LogP) is 2.19. The maximum absolute atomic E-state index is 14.8. The molecule has 0 aliphatic carbocycles. The normalized spacial score (nSPS) is 16.3. The van der Waals surface area contributed by atoms with Gasteiger partial charge in [0.2, 0.25) is 0 Å². The van der Waals surface area contributed by atoms with Gasteiger partial charge in [-0.1, -0.05) is 0 Å². The first-order valence-corrected chi connectivity index (χ1v) is 10.8. The van der Waals surface area contributed by atoms with Crippen LogP contribution in [0.15, 0.2) is 42.7 Å². The average molecular weight is 464 g/mol. The summed E-state index contributed by atoms with van der Waals surface area (Å²) in [5, 5.41) is 11.0. The number of nitrogens with one attached hydrogen (secondary N) is 1. The lowest BCUT2D eigenvalue weighted by molar-refractivity contribution is 0.0880. The number of hydrogen-bond acceptors (Lipinski definition) is 8. The molecule has 0 unspecified atom stereocenters. The van der Waals surface area contributed by atoms with Gasteiger partial charge in [0.05, 0.1) is 25.0 Å². The van der Waals surface area contributed by atoms with Crippen LogP contribution in [-0.4, -0.2) is 55.1 Å². The SMILES string of the molecule is Cn1ncc(Nc2ccc(-c3ccc(N4C[C@H](COP(=O)(O)O)OC4=O)cc3F)cn2)n1. The number of pyridine rings is 1. The minimum absolute atomic E-state index is 0.0398. The van der Waals surface area contributed by atoms with Crippen molar-refractivity contribution in [1.29, 1.82) is 0 Å². The second-order valence-corrected chi connectivity index (χ2v) is 8.08. The molecule has 1 fully saturated rings. The van der Waals surface area contributed by atoms with Crippen molar-refractivity contribution >= 4 is 31.2 Å². The zero-order valence-electron chi connectivity index (χ0n) is 16.6. The molecule has 168 valence electrons. The first-order chi connectivity index (χ1) is 15.2. The molecule has 0 bridgehead atoms. The molecule has 3 aromatic rings. The van der Waals surface area contributed by atoms with E-state index in [2.05, 4.69) is 25.0 Å². The van der Waals surface area contributed by atoms with Crippen molar-refractivity contribution in [1.82, 2.24) is 20.0 Å². The summed E-state index contributed by atoms with van der Waals surface area (Å²) in [6, 6.07) is 7.57. The number of benzene rings is 1. The lowest BCUT2D eigenvalue weighted by Gasteiger charge is -2.14. The average Bonchev–Trinajstić information content (AvgIpc) is 3.31. The number of halogens is 1. The van der Waals surface area contributed by atoms with Gasteiger partial charge in [-0.25, -0.2) is 18.7 Å². The van der Waals surface area contributed by atoms with Gasteiger partial charge in [0.1, 0.15) is 17.7 Å². The van der Waals surface area contributed by atoms with Gasteiger partial charge in [-0.2, -0.15) is 9.90 Å². The number of aromatic nitrogens is 4. The van der Waals surface area contributed by atoms with Gasteiger partial charge in [-0.15, -0.1) is 5.10 Å². The van der Waals surface area contributed by atoms with Crippen molar-refractivity contribution in [3.05, 3.63) is 48.5 Å². The zero-order valence-corrected chi connectivity index (χ0v) is 17.5. The van der Waals surface area contributed by atoms with Crippen LogP contribution in [-0.2, 0) is 20.9 Å². The molecule has 1 saturated heterocycles. The monoisotopic (exact) mass is 464 g/mol. The van der Waals surface area contributed by atoms with E-state index in [1.165, 1.54) is 29.2 Å². The highest BCUT2D eigenvalue weighted by Gasteiger charge is 2.34. The van der Waals surface area contributed by atoms with Crippen molar-refractivity contribution in [2.45, 2.75) is 6.10 Å². The summed E-state index contributed by atoms with van der Waals surface area (Å²) in [6.07, 6.45) is 1.38. The highest BCUT2D eigenvalue weighted by atomic mass is 31.2. The van der Waals surface area contributed by atoms with Crippen LogP contribution in [0, 0.1) is 5.82 Å². The van der Waals surface area contributed by atoms with Crippen LogP contribution in [0.25, 0.3) is 11.1 Å². The van der Waals surface area contributed by atoms with Crippen LogP contribution in [0.2, 0.25) is 0 Å². The van der Waals surface area contributed by atoms with Gasteiger partial charge in [0.15, 0.2) is 5.82 Å². The second kappa shape index (κ2) is 8.63. The van der Waals surface area contributed by atoms with Crippen LogP contribution < -0.4 is 10.2 Å². The van der Waals surface area contributed by atoms with Crippen molar-refractivity contribution in [2.75, 3.05) is 23.4 Å². The summed E-state index contributed by atoms with van der Waals surface area (Å²) in [5.41, 5.74) is 1.04. The van der Waals surface area contributed by atoms with Crippen LogP contribution in [0.1, 0.15) is 0 Å². The van der Waals surface area contributed by atoms with E-state index in [-0.39, 0.29) is 17.8 Å². The largest absolute Gasteiger partial charge is 0.469 e. The van der Waals surface area contributed by atoms with Crippen LogP contribution in [0.4, 0.5) is 26.5 Å². The molecule has 3 heterocycles. The molecular formula is C18H18FN6O6P. The smallest absolute Gasteiger partial charge is 0.441 e. The Kier molecular flexibility index (Phi) is 5.89. The number of aryl methyl sites for hydroxylation is 1. The number of carbonyl (C=O) groups is 1. The van der Waals surface area contributed by atoms with Crippen LogP contribution in [0.5, 0.6) is 0 Å². The quantitative estimate of drug-likeness (QED) is 0.444. The van der Waals surface area contributed by atoms with Crippen molar-refractivity contribution < 1.29 is 32.8 Å². The molecule has 1 atom stereocenters. The molecule has 1 aliphatic heterocycles. The van der Waals surface area contributed by atoms with Gasteiger partial charge < -0.3 is 19.8 Å². The first kappa shape index (κ1) is 21.8. The molecule has 1 aromatic carbocycles. The van der Waals surface area contributed by atoms with Gasteiger partial charge >= 0.3 is 13.9 Å². The molecule has 1 amide bonds. The third kappa shape index (κ3) is 5.08. The number of anilines is 3. The molecule has 3 N–H and O–H groups in total. The maximum Gasteiger partial charge on any atom is 0.469 e. The fourth-order valence-electron chi connectivity index (χ4n) is 3.07. The Bertz CT molecular complexity index is 1180. The van der Waals surface area contributed by atoms with Gasteiger partial charge in [0, 0.05) is 24.4 Å². The molecule has 4 rings (SSSR count). The number of carbonyl (C=O) groups excluding carboxylic acids is 1. The number of nitrogens with zero attached hydrogens (tertiary/aromatic N) is 5. The minimum atomic E-state index is -4.69. The Labute approximate surface area is 180 Å². The van der Waals surface area contributed by atoms with Crippen molar-refractivity contribution in [2.24, 2.45) is 7.05 Å². The van der Waals surface area contributed by atoms with Crippen LogP contribution in [0.3, 0.4) is 0 Å². The molecule has 12 nitrogen and oxygen atoms in total. The minimum Gasteiger partial charge on any atom is -0.441 e. The number of phosphoric acid groups is 1. The van der Waals surface area contributed by atoms with Crippen molar-refractivity contribution in [3.8, 4) is 11.1 Å². The summed E-state index contributed by atoms with van der Waals surface area (Å²) in [4.78, 5) is 36.4. The lowest BCUT2D eigenvalue weighted by atomic mass is 10.1. The van der Waals surface area contributed by atoms with Crippen LogP contribution >= 0.6 is 7.82 Å². The fourth-order valence-corrected chi connectivity index (χ4v) is 3.43. The number of rotatable bonds is 7. The number of cyclic esters (lactones) is 1. The van der Waals surface area contributed by atoms with E-state index >= 15 is 0 Å². The lowest BCUT2D eigenvalue weighted by Crippen LogP contribution is -2.25. The third-order valence-electron chi connectivity index (χ3n) is 4.50. The summed E-state index contributed by atoms with van der Waals surface area (Å²) in [5.74, 6) is 0.446. The van der Waals surface area contributed by atoms with E-state index in [0.717, 1.165) is 4.90 Å². The van der Waals surface area contributed by atoms with E-state index < -0.39 is 32.4 Å². The fraction of sp³-hybridized carbons (Fsp3) is 0.222. The standard InChI is InChI=1S/C18H18FN6O6P/c1-24-21-8-17(23-24)22-16-5-2-11(7-20-16)14-4-3-12(6-15(14)19)25-9-13(31-18(25)26)10-30-32(27,28)29/h2-8,13H,9-10H2,1H3,(H,20,22,23)(H2,27,28,29)/t13-/m1/s1. The number of amides is 1. The number of ether oxygens (including phenoxy) is 1. The Morgan fingerprint density at radius 1 is 1.28 bits per heavy atom. The van der Waals surface area contributed by atoms with Gasteiger partial charge in [-0.05, 0) is 30.3 Å². The van der Waals surface area contributed by atoms with E-state index in [9.17, 15) is 13.8 Å². The topological polar surface area (TPSA) is 152 Å². The molecule has 32 heavy (non-hydrogen) atoms. The number of hydrogen-bond donors (Lipinski definition) is 3. The third-order valence-corrected chi connectivity index (χ3v) is 4.98. The maximum atomic E-state index is 14.8. The molecule has 1 aliphatic rings. The van der Waals surface area contributed by atoms with E-state index in [1.807, 2.05) is 0 Å². The molecule has 0 saturated carbocycles. The second-order valence-electron chi connectivity index (χ2n) is 6.84. The Balaban J connectivity index is 1.45. The van der Waals surface area contributed by atoms with Gasteiger partial charge in [0.25, 0.3) is 0 Å². The first-order valence-electron chi connectivity index (χ1n) is 9.25. The van der Waals surface area contributed by atoms with Crippen molar-refractivity contribution in [3.63, 3.8) is 0 Å². The molecule has 14 heteroatoms. The zero-order chi connectivity index (χ0) is 22.9. The molecule has 0 radical (unpaired) electrons. The Hall–Kier alpha value is -3.38. The number of phosphoric ester groups is 1. The summed E-state index contributed by atoms with van der Waals surface area (Å²) in [7, 11) is -3.00. The molecular weight excluding hydrogens is 446 g/mol. The highest BCUT2D eigenvalue weighted by Crippen LogP contribution is 2.37. The van der Waals surface area contributed by atoms with Gasteiger partial charge in [-0.3, -0.25) is 9.42 Å². The summed E-state index contributed by atoms with van der Waals surface area (Å²) >= 11 is 0. The molecule has 2 aromatic heterocycles. The summed E-state index contributed by atoms with van der Waals surface area (Å²) in [6.45, 7) is -0.518.